The van der Waals surface area contributed by atoms with Crippen LogP contribution in [0.15, 0.2) is 18.2 Å². The van der Waals surface area contributed by atoms with E-state index in [1.54, 1.807) is 17.0 Å². The molecule has 6 heteroatoms. The molecule has 2 unspecified atom stereocenters. The van der Waals surface area contributed by atoms with E-state index >= 15 is 0 Å². The van der Waals surface area contributed by atoms with Crippen LogP contribution in [0.2, 0.25) is 5.02 Å². The average molecular weight is 319 g/mol. The summed E-state index contributed by atoms with van der Waals surface area (Å²) in [7, 11) is 0. The Bertz CT molecular complexity index is 506. The van der Waals surface area contributed by atoms with Crippen molar-refractivity contribution in [2.75, 3.05) is 13.1 Å². The van der Waals surface area contributed by atoms with Crippen LogP contribution in [-0.2, 0) is 4.79 Å². The fraction of sp³-hybridized carbons (Fsp3) is 0.500. The Morgan fingerprint density at radius 3 is 2.80 bits per heavy atom. The lowest BCUT2D eigenvalue weighted by atomic mass is 10.1. The van der Waals surface area contributed by atoms with Crippen LogP contribution < -0.4 is 5.73 Å². The Balaban J connectivity index is 0.00000147. The maximum Gasteiger partial charge on any atom is 0.226 e. The van der Waals surface area contributed by atoms with Crippen LogP contribution >= 0.6 is 24.0 Å². The van der Waals surface area contributed by atoms with Gasteiger partial charge in [-0.15, -0.1) is 12.4 Å². The molecule has 2 fully saturated rings. The molecular weight excluding hydrogens is 302 g/mol. The number of amides is 1. The molecule has 1 aliphatic carbocycles. The molecule has 20 heavy (non-hydrogen) atoms. The van der Waals surface area contributed by atoms with E-state index in [1.165, 1.54) is 6.07 Å². The Morgan fingerprint density at radius 1 is 1.45 bits per heavy atom. The molecular formula is C14H17Cl2FN2O. The molecule has 0 bridgehead atoms. The normalized spacial score (nSPS) is 28.1. The number of carbonyl (C=O) groups is 1. The smallest absolute Gasteiger partial charge is 0.226 e. The van der Waals surface area contributed by atoms with Gasteiger partial charge in [-0.1, -0.05) is 17.7 Å². The predicted octanol–water partition coefficient (Wildman–Crippen LogP) is 2.56. The van der Waals surface area contributed by atoms with Gasteiger partial charge in [0.1, 0.15) is 5.82 Å². The Morgan fingerprint density at radius 2 is 2.20 bits per heavy atom. The molecule has 1 aromatic rings. The van der Waals surface area contributed by atoms with Crippen LogP contribution in [0, 0.1) is 11.7 Å². The second-order valence-corrected chi connectivity index (χ2v) is 5.82. The highest BCUT2D eigenvalue weighted by Crippen LogP contribution is 2.51. The molecule has 0 spiro atoms. The molecule has 2 aliphatic rings. The average Bonchev–Trinajstić information content (AvgIpc) is 3.02. The minimum absolute atomic E-state index is 0. The van der Waals surface area contributed by atoms with Crippen molar-refractivity contribution >= 4 is 29.9 Å². The van der Waals surface area contributed by atoms with Gasteiger partial charge in [0.25, 0.3) is 0 Å². The fourth-order valence-corrected chi connectivity index (χ4v) is 3.18. The quantitative estimate of drug-likeness (QED) is 0.911. The highest BCUT2D eigenvalue weighted by atomic mass is 35.5. The zero-order valence-electron chi connectivity index (χ0n) is 10.9. The van der Waals surface area contributed by atoms with Crippen molar-refractivity contribution in [3.63, 3.8) is 0 Å². The van der Waals surface area contributed by atoms with E-state index < -0.39 is 0 Å². The largest absolute Gasteiger partial charge is 0.341 e. The monoisotopic (exact) mass is 318 g/mol. The van der Waals surface area contributed by atoms with Crippen LogP contribution in [0.5, 0.6) is 0 Å². The van der Waals surface area contributed by atoms with E-state index in [0.717, 1.165) is 6.42 Å². The van der Waals surface area contributed by atoms with Crippen molar-refractivity contribution in [1.29, 1.82) is 0 Å². The molecule has 3 atom stereocenters. The van der Waals surface area contributed by atoms with Gasteiger partial charge in [0.05, 0.1) is 0 Å². The van der Waals surface area contributed by atoms with Crippen LogP contribution in [0.25, 0.3) is 0 Å². The fourth-order valence-electron chi connectivity index (χ4n) is 2.87. The SMILES string of the molecule is Cl.N[C@@H]1CCN(C(=O)C2CC2c2c(F)cccc2Cl)C1. The highest BCUT2D eigenvalue weighted by molar-refractivity contribution is 6.31. The first-order chi connectivity index (χ1) is 9.08. The van der Waals surface area contributed by atoms with Crippen molar-refractivity contribution in [3.8, 4) is 0 Å². The molecule has 0 radical (unpaired) electrons. The van der Waals surface area contributed by atoms with Gasteiger partial charge < -0.3 is 10.6 Å². The maximum absolute atomic E-state index is 13.8. The third kappa shape index (κ3) is 2.78. The number of rotatable bonds is 2. The Hall–Kier alpha value is -0.840. The molecule has 3 rings (SSSR count). The molecule has 0 aromatic heterocycles. The van der Waals surface area contributed by atoms with E-state index in [2.05, 4.69) is 0 Å². The number of hydrogen-bond acceptors (Lipinski definition) is 2. The van der Waals surface area contributed by atoms with Crippen LogP contribution in [0.3, 0.4) is 0 Å². The molecule has 1 saturated heterocycles. The van der Waals surface area contributed by atoms with Crippen molar-refractivity contribution in [1.82, 2.24) is 4.90 Å². The predicted molar refractivity (Wildman–Crippen MR) is 78.7 cm³/mol. The van der Waals surface area contributed by atoms with E-state index in [4.69, 9.17) is 17.3 Å². The maximum atomic E-state index is 13.8. The number of nitrogens with two attached hydrogens (primary N) is 1. The van der Waals surface area contributed by atoms with Gasteiger partial charge in [0.2, 0.25) is 5.91 Å². The summed E-state index contributed by atoms with van der Waals surface area (Å²) in [6.07, 6.45) is 1.54. The summed E-state index contributed by atoms with van der Waals surface area (Å²) in [6, 6.07) is 4.73. The lowest BCUT2D eigenvalue weighted by molar-refractivity contribution is -0.131. The third-order valence-corrected chi connectivity index (χ3v) is 4.34. The second kappa shape index (κ2) is 5.88. The van der Waals surface area contributed by atoms with Gasteiger partial charge in [-0.25, -0.2) is 4.39 Å². The van der Waals surface area contributed by atoms with E-state index in [9.17, 15) is 9.18 Å². The van der Waals surface area contributed by atoms with Gasteiger partial charge in [-0.3, -0.25) is 4.79 Å². The minimum Gasteiger partial charge on any atom is -0.341 e. The van der Waals surface area contributed by atoms with Gasteiger partial charge in [0, 0.05) is 41.6 Å². The standard InChI is InChI=1S/C14H16ClFN2O.ClH/c15-11-2-1-3-12(16)13(11)9-6-10(9)14(19)18-5-4-8(17)7-18;/h1-3,8-10H,4-7,17H2;1H/t8-,9?,10?;/m1./s1. The van der Waals surface area contributed by atoms with E-state index in [-0.39, 0.29) is 42.0 Å². The van der Waals surface area contributed by atoms with Crippen LogP contribution in [0.1, 0.15) is 24.3 Å². The lowest BCUT2D eigenvalue weighted by Crippen LogP contribution is -2.33. The van der Waals surface area contributed by atoms with Crippen molar-refractivity contribution in [2.24, 2.45) is 11.7 Å². The van der Waals surface area contributed by atoms with E-state index in [0.29, 0.717) is 30.1 Å². The molecule has 1 saturated carbocycles. The van der Waals surface area contributed by atoms with Crippen LogP contribution in [0.4, 0.5) is 4.39 Å². The Labute approximate surface area is 128 Å². The molecule has 1 heterocycles. The van der Waals surface area contributed by atoms with E-state index in [1.807, 2.05) is 0 Å². The summed E-state index contributed by atoms with van der Waals surface area (Å²) in [5.41, 5.74) is 6.29. The minimum atomic E-state index is -0.314. The van der Waals surface area contributed by atoms with Crippen molar-refractivity contribution < 1.29 is 9.18 Å². The zero-order chi connectivity index (χ0) is 13.6. The number of halogens is 3. The summed E-state index contributed by atoms with van der Waals surface area (Å²) >= 11 is 6.03. The van der Waals surface area contributed by atoms with Gasteiger partial charge in [-0.05, 0) is 25.0 Å². The van der Waals surface area contributed by atoms with Gasteiger partial charge in [-0.2, -0.15) is 0 Å². The summed E-state index contributed by atoms with van der Waals surface area (Å²) in [4.78, 5) is 14.1. The molecule has 2 N–H and O–H groups in total. The molecule has 1 aromatic carbocycles. The molecule has 1 amide bonds. The highest BCUT2D eigenvalue weighted by Gasteiger charge is 2.48. The third-order valence-electron chi connectivity index (χ3n) is 4.01. The van der Waals surface area contributed by atoms with Crippen LogP contribution in [-0.4, -0.2) is 29.9 Å². The number of nitrogens with zero attached hydrogens (tertiary/aromatic N) is 1. The summed E-state index contributed by atoms with van der Waals surface area (Å²) in [6.45, 7) is 1.33. The Kier molecular flexibility index (Phi) is 4.57. The first-order valence-electron chi connectivity index (χ1n) is 6.56. The summed E-state index contributed by atoms with van der Waals surface area (Å²) in [5, 5.41) is 0.415. The molecule has 110 valence electrons. The number of benzene rings is 1. The van der Waals surface area contributed by atoms with Crippen molar-refractivity contribution in [3.05, 3.63) is 34.6 Å². The van der Waals surface area contributed by atoms with Gasteiger partial charge in [0.15, 0.2) is 0 Å². The number of likely N-dealkylation sites (tertiary alicyclic amines) is 1. The lowest BCUT2D eigenvalue weighted by Gasteiger charge is -2.16. The number of hydrogen-bond donors (Lipinski definition) is 1. The van der Waals surface area contributed by atoms with Crippen molar-refractivity contribution in [2.45, 2.75) is 24.8 Å². The zero-order valence-corrected chi connectivity index (χ0v) is 12.5. The topological polar surface area (TPSA) is 46.3 Å². The first-order valence-corrected chi connectivity index (χ1v) is 6.94. The second-order valence-electron chi connectivity index (χ2n) is 5.42. The summed E-state index contributed by atoms with van der Waals surface area (Å²) < 4.78 is 13.8. The molecule has 1 aliphatic heterocycles. The summed E-state index contributed by atoms with van der Waals surface area (Å²) in [5.74, 6) is -0.416. The number of carbonyl (C=O) groups excluding carboxylic acids is 1. The first kappa shape index (κ1) is 15.5. The molecule has 3 nitrogen and oxygen atoms in total. The van der Waals surface area contributed by atoms with Gasteiger partial charge >= 0.3 is 0 Å².